The monoisotopic (exact) mass is 409 g/mol. The summed E-state index contributed by atoms with van der Waals surface area (Å²) in [7, 11) is 1.72. The molecule has 1 unspecified atom stereocenters. The lowest BCUT2D eigenvalue weighted by molar-refractivity contribution is -0.141. The molecule has 29 heavy (non-hydrogen) atoms. The van der Waals surface area contributed by atoms with Crippen LogP contribution in [0.15, 0.2) is 47.5 Å². The first-order valence-electron chi connectivity index (χ1n) is 10.1. The van der Waals surface area contributed by atoms with E-state index < -0.39 is 5.54 Å². The second-order valence-corrected chi connectivity index (χ2v) is 8.76. The third-order valence-electron chi connectivity index (χ3n) is 6.99. The molecular formula is C23H24ClN3O2. The fourth-order valence-corrected chi connectivity index (χ4v) is 5.55. The number of rotatable bonds is 1. The molecule has 2 spiro atoms. The average Bonchev–Trinajstić information content (AvgIpc) is 2.97. The van der Waals surface area contributed by atoms with Crippen LogP contribution in [-0.4, -0.2) is 37.0 Å². The number of ether oxygens (including phenoxy) is 1. The van der Waals surface area contributed by atoms with E-state index in [4.69, 9.17) is 27.1 Å². The Balaban J connectivity index is 1.75. The predicted octanol–water partition coefficient (Wildman–Crippen LogP) is 3.73. The molecule has 2 aliphatic heterocycles. The van der Waals surface area contributed by atoms with Crippen molar-refractivity contribution in [2.45, 2.75) is 31.2 Å². The van der Waals surface area contributed by atoms with Crippen molar-refractivity contribution in [3.05, 3.63) is 58.6 Å². The number of nitrogens with two attached hydrogens (primary N) is 1. The van der Waals surface area contributed by atoms with Crippen molar-refractivity contribution in [2.24, 2.45) is 16.1 Å². The highest BCUT2D eigenvalue weighted by Gasteiger charge is 2.63. The molecule has 150 valence electrons. The molecule has 6 heteroatoms. The third kappa shape index (κ3) is 2.57. The maximum atomic E-state index is 13.7. The first-order chi connectivity index (χ1) is 14.0. The number of fused-ring (bicyclic) bond motifs is 3. The van der Waals surface area contributed by atoms with E-state index in [-0.39, 0.29) is 11.3 Å². The van der Waals surface area contributed by atoms with Crippen LogP contribution in [0, 0.1) is 5.41 Å². The highest BCUT2D eigenvalue weighted by Crippen LogP contribution is 2.59. The summed E-state index contributed by atoms with van der Waals surface area (Å²) in [6.07, 6.45) is 3.46. The molecule has 2 N–H and O–H groups in total. The van der Waals surface area contributed by atoms with Gasteiger partial charge in [0.1, 0.15) is 0 Å². The van der Waals surface area contributed by atoms with E-state index in [1.807, 2.05) is 24.3 Å². The minimum atomic E-state index is -0.974. The van der Waals surface area contributed by atoms with Gasteiger partial charge in [0.2, 0.25) is 0 Å². The van der Waals surface area contributed by atoms with Crippen LogP contribution in [-0.2, 0) is 21.5 Å². The van der Waals surface area contributed by atoms with Gasteiger partial charge in [-0.2, -0.15) is 0 Å². The number of amides is 1. The Morgan fingerprint density at radius 3 is 2.55 bits per heavy atom. The van der Waals surface area contributed by atoms with Gasteiger partial charge in [-0.3, -0.25) is 9.69 Å². The number of guanidine groups is 1. The summed E-state index contributed by atoms with van der Waals surface area (Å²) in [5.41, 5.74) is 9.18. The number of likely N-dealkylation sites (N-methyl/N-ethyl adjacent to an activating group) is 1. The van der Waals surface area contributed by atoms with E-state index in [0.29, 0.717) is 24.2 Å². The molecule has 5 rings (SSSR count). The van der Waals surface area contributed by atoms with Crippen LogP contribution >= 0.6 is 11.6 Å². The van der Waals surface area contributed by atoms with Crippen LogP contribution in [0.1, 0.15) is 30.4 Å². The van der Waals surface area contributed by atoms with Gasteiger partial charge in [0.25, 0.3) is 5.91 Å². The van der Waals surface area contributed by atoms with Gasteiger partial charge in [-0.05, 0) is 66.1 Å². The maximum absolute atomic E-state index is 13.7. The fraction of sp³-hybridized carbons (Fsp3) is 0.391. The van der Waals surface area contributed by atoms with Gasteiger partial charge in [-0.15, -0.1) is 0 Å². The van der Waals surface area contributed by atoms with Gasteiger partial charge in [0.05, 0.1) is 0 Å². The van der Waals surface area contributed by atoms with Gasteiger partial charge in [-0.1, -0.05) is 35.9 Å². The lowest BCUT2D eigenvalue weighted by Gasteiger charge is -2.51. The summed E-state index contributed by atoms with van der Waals surface area (Å²) < 4.78 is 5.66. The lowest BCUT2D eigenvalue weighted by atomic mass is 9.55. The van der Waals surface area contributed by atoms with Crippen molar-refractivity contribution in [1.82, 2.24) is 4.90 Å². The Bertz CT molecular complexity index is 1030. The average molecular weight is 410 g/mol. The van der Waals surface area contributed by atoms with E-state index >= 15 is 0 Å². The smallest absolute Gasteiger partial charge is 0.262 e. The Labute approximate surface area is 175 Å². The second-order valence-electron chi connectivity index (χ2n) is 8.32. The molecule has 2 aromatic rings. The molecule has 1 saturated heterocycles. The standard InChI is InChI=1S/C23H24ClN3O2/c1-27-20(28)23(26-21(27)25)19-14-17(16-3-2-4-18(24)13-16)6-5-15(19)7-8-22(23)9-11-29-12-10-22/h2-6,13-14H,7-12H2,1H3,(H2,25,26). The van der Waals surface area contributed by atoms with Crippen LogP contribution in [0.2, 0.25) is 5.02 Å². The van der Waals surface area contributed by atoms with Gasteiger partial charge in [0, 0.05) is 30.7 Å². The molecular weight excluding hydrogens is 386 g/mol. The van der Waals surface area contributed by atoms with Gasteiger partial charge in [-0.25, -0.2) is 4.99 Å². The lowest BCUT2D eigenvalue weighted by Crippen LogP contribution is -2.56. The van der Waals surface area contributed by atoms with Gasteiger partial charge < -0.3 is 10.5 Å². The quantitative estimate of drug-likeness (QED) is 0.780. The first kappa shape index (κ1) is 18.6. The highest BCUT2D eigenvalue weighted by atomic mass is 35.5. The molecule has 0 saturated carbocycles. The number of benzene rings is 2. The van der Waals surface area contributed by atoms with Crippen molar-refractivity contribution in [3.63, 3.8) is 0 Å². The molecule has 1 atom stereocenters. The fourth-order valence-electron chi connectivity index (χ4n) is 5.36. The Hall–Kier alpha value is -2.37. The summed E-state index contributed by atoms with van der Waals surface area (Å²) in [5, 5.41) is 0.690. The van der Waals surface area contributed by atoms with Crippen LogP contribution in [0.25, 0.3) is 11.1 Å². The minimum Gasteiger partial charge on any atom is -0.381 e. The minimum absolute atomic E-state index is 0.0268. The summed E-state index contributed by atoms with van der Waals surface area (Å²) in [6, 6.07) is 14.2. The van der Waals surface area contributed by atoms with Crippen molar-refractivity contribution in [2.75, 3.05) is 20.3 Å². The van der Waals surface area contributed by atoms with Crippen LogP contribution in [0.3, 0.4) is 0 Å². The Morgan fingerprint density at radius 1 is 1.10 bits per heavy atom. The maximum Gasteiger partial charge on any atom is 0.262 e. The zero-order valence-electron chi connectivity index (χ0n) is 16.5. The van der Waals surface area contributed by atoms with Gasteiger partial charge >= 0.3 is 0 Å². The normalized spacial score (nSPS) is 25.4. The summed E-state index contributed by atoms with van der Waals surface area (Å²) in [5.74, 6) is 0.267. The third-order valence-corrected chi connectivity index (χ3v) is 7.22. The molecule has 1 aliphatic carbocycles. The van der Waals surface area contributed by atoms with Crippen LogP contribution in [0.5, 0.6) is 0 Å². The zero-order valence-corrected chi connectivity index (χ0v) is 17.2. The number of hydrogen-bond donors (Lipinski definition) is 1. The van der Waals surface area contributed by atoms with E-state index in [1.54, 1.807) is 7.05 Å². The number of aryl methyl sites for hydroxylation is 1. The summed E-state index contributed by atoms with van der Waals surface area (Å²) >= 11 is 6.22. The molecule has 1 amide bonds. The molecule has 5 nitrogen and oxygen atoms in total. The molecule has 1 fully saturated rings. The number of carbonyl (C=O) groups is 1. The molecule has 0 aromatic heterocycles. The van der Waals surface area contributed by atoms with Crippen molar-refractivity contribution in [1.29, 1.82) is 0 Å². The number of halogens is 1. The molecule has 3 aliphatic rings. The SMILES string of the molecule is CN1C(=O)C2(N=C1N)c1cc(-c3cccc(Cl)c3)ccc1CCC21CCOCC1. The Kier molecular flexibility index (Phi) is 4.23. The van der Waals surface area contributed by atoms with Crippen LogP contribution in [0.4, 0.5) is 0 Å². The number of hydrogen-bond acceptors (Lipinski definition) is 4. The second kappa shape index (κ2) is 6.57. The number of aliphatic imine (C=N–C) groups is 1. The molecule has 0 bridgehead atoms. The van der Waals surface area contributed by atoms with E-state index in [1.165, 1.54) is 10.5 Å². The van der Waals surface area contributed by atoms with Crippen LogP contribution < -0.4 is 5.73 Å². The van der Waals surface area contributed by atoms with Crippen molar-refractivity contribution in [3.8, 4) is 11.1 Å². The largest absolute Gasteiger partial charge is 0.381 e. The summed E-state index contributed by atoms with van der Waals surface area (Å²) in [6.45, 7) is 1.30. The Morgan fingerprint density at radius 2 is 1.86 bits per heavy atom. The van der Waals surface area contributed by atoms with Crippen molar-refractivity contribution < 1.29 is 9.53 Å². The number of carbonyl (C=O) groups excluding carboxylic acids is 1. The predicted molar refractivity (Wildman–Crippen MR) is 114 cm³/mol. The first-order valence-corrected chi connectivity index (χ1v) is 10.5. The van der Waals surface area contributed by atoms with E-state index in [0.717, 1.165) is 42.4 Å². The van der Waals surface area contributed by atoms with E-state index in [2.05, 4.69) is 18.2 Å². The number of nitrogens with zero attached hydrogens (tertiary/aromatic N) is 2. The molecule has 0 radical (unpaired) electrons. The summed E-state index contributed by atoms with van der Waals surface area (Å²) in [4.78, 5) is 20.1. The van der Waals surface area contributed by atoms with Crippen molar-refractivity contribution >= 4 is 23.5 Å². The van der Waals surface area contributed by atoms with Gasteiger partial charge in [0.15, 0.2) is 11.5 Å². The topological polar surface area (TPSA) is 67.9 Å². The van der Waals surface area contributed by atoms with E-state index in [9.17, 15) is 4.79 Å². The highest BCUT2D eigenvalue weighted by molar-refractivity contribution is 6.30. The molecule has 2 heterocycles. The zero-order chi connectivity index (χ0) is 20.2. The molecule has 2 aromatic carbocycles.